The lowest BCUT2D eigenvalue weighted by Crippen LogP contribution is -2.07. The molecule has 0 amide bonds. The number of nitrogens with zero attached hydrogens (tertiary/aromatic N) is 1. The number of hydrogen-bond acceptors (Lipinski definition) is 4. The van der Waals surface area contributed by atoms with Crippen LogP contribution in [0.4, 0.5) is 5.69 Å². The van der Waals surface area contributed by atoms with Gasteiger partial charge in [-0.25, -0.2) is 4.79 Å². The predicted molar refractivity (Wildman–Crippen MR) is 65.6 cm³/mol. The van der Waals surface area contributed by atoms with Crippen LogP contribution in [0.2, 0.25) is 0 Å². The highest BCUT2D eigenvalue weighted by Crippen LogP contribution is 2.30. The molecule has 0 saturated heterocycles. The van der Waals surface area contributed by atoms with Gasteiger partial charge in [0.1, 0.15) is 0 Å². The summed E-state index contributed by atoms with van der Waals surface area (Å²) in [6, 6.07) is 5.20. The summed E-state index contributed by atoms with van der Waals surface area (Å²) in [5, 5.41) is 11.5. The molecule has 18 heavy (non-hydrogen) atoms. The number of nitrogens with one attached hydrogen (secondary N) is 1. The number of aryl methyl sites for hydroxylation is 1. The van der Waals surface area contributed by atoms with E-state index in [0.717, 1.165) is 5.56 Å². The van der Waals surface area contributed by atoms with Gasteiger partial charge in [0.2, 0.25) is 5.69 Å². The summed E-state index contributed by atoms with van der Waals surface area (Å²) >= 11 is 0. The fraction of sp³-hybridized carbons (Fsp3) is 0.250. The topological polar surface area (TPSA) is 85.2 Å². The molecule has 1 aromatic heterocycles. The molecule has 0 bridgehead atoms. The Morgan fingerprint density at radius 1 is 1.50 bits per heavy atom. The molecule has 1 aromatic carbocycles. The number of nitro groups is 1. The van der Waals surface area contributed by atoms with E-state index in [1.54, 1.807) is 19.1 Å². The summed E-state index contributed by atoms with van der Waals surface area (Å²) in [6.45, 7) is 3.65. The van der Waals surface area contributed by atoms with Gasteiger partial charge < -0.3 is 9.72 Å². The van der Waals surface area contributed by atoms with Crippen LogP contribution in [0.25, 0.3) is 10.9 Å². The third kappa shape index (κ3) is 1.92. The van der Waals surface area contributed by atoms with Crippen molar-refractivity contribution in [1.82, 2.24) is 4.98 Å². The molecule has 0 spiro atoms. The van der Waals surface area contributed by atoms with E-state index < -0.39 is 10.9 Å². The zero-order chi connectivity index (χ0) is 13.3. The maximum absolute atomic E-state index is 11.7. The average Bonchev–Trinajstić information content (AvgIpc) is 2.67. The number of hydrogen-bond donors (Lipinski definition) is 1. The molecule has 1 N–H and O–H groups in total. The van der Waals surface area contributed by atoms with Crippen molar-refractivity contribution in [3.8, 4) is 0 Å². The fourth-order valence-electron chi connectivity index (χ4n) is 1.83. The Morgan fingerprint density at radius 3 is 2.83 bits per heavy atom. The Morgan fingerprint density at radius 2 is 2.22 bits per heavy atom. The van der Waals surface area contributed by atoms with Crippen LogP contribution in [-0.2, 0) is 4.74 Å². The van der Waals surface area contributed by atoms with Crippen molar-refractivity contribution < 1.29 is 14.5 Å². The van der Waals surface area contributed by atoms with Gasteiger partial charge in [-0.2, -0.15) is 0 Å². The Balaban J connectivity index is 2.69. The summed E-state index contributed by atoms with van der Waals surface area (Å²) in [5.41, 5.74) is 1.10. The molecule has 1 heterocycles. The molecule has 0 saturated carbocycles. The number of ether oxygens (including phenoxy) is 1. The van der Waals surface area contributed by atoms with Crippen LogP contribution in [-0.4, -0.2) is 22.5 Å². The van der Waals surface area contributed by atoms with E-state index in [4.69, 9.17) is 4.74 Å². The summed E-state index contributed by atoms with van der Waals surface area (Å²) in [6.07, 6.45) is 0. The normalized spacial score (nSPS) is 10.6. The number of esters is 1. The van der Waals surface area contributed by atoms with E-state index in [0.29, 0.717) is 10.9 Å². The largest absolute Gasteiger partial charge is 0.461 e. The van der Waals surface area contributed by atoms with Crippen molar-refractivity contribution in [3.63, 3.8) is 0 Å². The number of aromatic amines is 1. The standard InChI is InChI=1S/C12H12N2O4/c1-3-18-12(15)10-11(14(16)17)8-6-7(2)4-5-9(8)13-10/h4-6,13H,3H2,1-2H3. The number of H-pyrrole nitrogens is 1. The molecule has 0 aliphatic rings. The molecule has 2 rings (SSSR count). The molecule has 0 atom stereocenters. The van der Waals surface area contributed by atoms with E-state index in [2.05, 4.69) is 4.98 Å². The first-order chi connectivity index (χ1) is 8.54. The van der Waals surface area contributed by atoms with Gasteiger partial charge in [0.05, 0.1) is 22.4 Å². The molecule has 0 fully saturated rings. The maximum Gasteiger partial charge on any atom is 0.362 e. The van der Waals surface area contributed by atoms with Crippen molar-refractivity contribution >= 4 is 22.6 Å². The van der Waals surface area contributed by atoms with E-state index in [1.807, 2.05) is 13.0 Å². The SMILES string of the molecule is CCOC(=O)c1[nH]c2ccc(C)cc2c1[N+](=O)[O-]. The minimum atomic E-state index is -0.710. The van der Waals surface area contributed by atoms with E-state index >= 15 is 0 Å². The van der Waals surface area contributed by atoms with Gasteiger partial charge in [-0.05, 0) is 26.0 Å². The summed E-state index contributed by atoms with van der Waals surface area (Å²) < 4.78 is 4.80. The molecule has 94 valence electrons. The molecule has 0 unspecified atom stereocenters. The summed E-state index contributed by atoms with van der Waals surface area (Å²) in [4.78, 5) is 24.9. The second-order valence-electron chi connectivity index (χ2n) is 3.88. The molecular weight excluding hydrogens is 236 g/mol. The minimum Gasteiger partial charge on any atom is -0.461 e. The number of aromatic nitrogens is 1. The first-order valence-electron chi connectivity index (χ1n) is 5.48. The summed E-state index contributed by atoms with van der Waals surface area (Å²) in [5.74, 6) is -0.710. The first kappa shape index (κ1) is 12.1. The van der Waals surface area contributed by atoms with Gasteiger partial charge in [-0.15, -0.1) is 0 Å². The molecule has 6 heteroatoms. The van der Waals surface area contributed by atoms with Gasteiger partial charge >= 0.3 is 11.7 Å². The van der Waals surface area contributed by atoms with Crippen LogP contribution < -0.4 is 0 Å². The average molecular weight is 248 g/mol. The third-order valence-corrected chi connectivity index (χ3v) is 2.59. The number of carbonyl (C=O) groups is 1. The molecule has 0 aliphatic heterocycles. The predicted octanol–water partition coefficient (Wildman–Crippen LogP) is 2.56. The second kappa shape index (κ2) is 4.48. The van der Waals surface area contributed by atoms with Gasteiger partial charge in [0, 0.05) is 0 Å². The van der Waals surface area contributed by atoms with E-state index in [9.17, 15) is 14.9 Å². The Kier molecular flexibility index (Phi) is 3.01. The zero-order valence-corrected chi connectivity index (χ0v) is 10.0. The van der Waals surface area contributed by atoms with Crippen molar-refractivity contribution in [3.05, 3.63) is 39.6 Å². The monoisotopic (exact) mass is 248 g/mol. The van der Waals surface area contributed by atoms with Crippen molar-refractivity contribution in [2.24, 2.45) is 0 Å². The fourth-order valence-corrected chi connectivity index (χ4v) is 1.83. The van der Waals surface area contributed by atoms with Crippen LogP contribution in [0.15, 0.2) is 18.2 Å². The van der Waals surface area contributed by atoms with Gasteiger partial charge in [0.15, 0.2) is 0 Å². The van der Waals surface area contributed by atoms with Crippen LogP contribution in [0.5, 0.6) is 0 Å². The van der Waals surface area contributed by atoms with Crippen LogP contribution in [0.1, 0.15) is 23.0 Å². The lowest BCUT2D eigenvalue weighted by atomic mass is 10.1. The van der Waals surface area contributed by atoms with E-state index in [1.165, 1.54) is 0 Å². The highest BCUT2D eigenvalue weighted by molar-refractivity contribution is 6.03. The van der Waals surface area contributed by atoms with Crippen molar-refractivity contribution in [2.45, 2.75) is 13.8 Å². The molecular formula is C12H12N2O4. The smallest absolute Gasteiger partial charge is 0.362 e. The lowest BCUT2D eigenvalue weighted by Gasteiger charge is -1.98. The number of carbonyl (C=O) groups excluding carboxylic acids is 1. The Hall–Kier alpha value is -2.37. The zero-order valence-electron chi connectivity index (χ0n) is 10.0. The molecule has 6 nitrogen and oxygen atoms in total. The first-order valence-corrected chi connectivity index (χ1v) is 5.48. The second-order valence-corrected chi connectivity index (χ2v) is 3.88. The number of rotatable bonds is 3. The number of benzene rings is 1. The lowest BCUT2D eigenvalue weighted by molar-refractivity contribution is -0.383. The van der Waals surface area contributed by atoms with Crippen LogP contribution >= 0.6 is 0 Å². The van der Waals surface area contributed by atoms with Gasteiger partial charge in [-0.3, -0.25) is 10.1 Å². The van der Waals surface area contributed by atoms with Gasteiger partial charge in [-0.1, -0.05) is 11.6 Å². The Bertz CT molecular complexity index is 630. The quantitative estimate of drug-likeness (QED) is 0.514. The minimum absolute atomic E-state index is 0.109. The molecule has 0 aliphatic carbocycles. The van der Waals surface area contributed by atoms with E-state index in [-0.39, 0.29) is 18.0 Å². The Labute approximate surface area is 103 Å². The summed E-state index contributed by atoms with van der Waals surface area (Å²) in [7, 11) is 0. The van der Waals surface area contributed by atoms with Gasteiger partial charge in [0.25, 0.3) is 0 Å². The number of fused-ring (bicyclic) bond motifs is 1. The molecule has 0 radical (unpaired) electrons. The van der Waals surface area contributed by atoms with Crippen LogP contribution in [0.3, 0.4) is 0 Å². The van der Waals surface area contributed by atoms with Crippen LogP contribution in [0, 0.1) is 17.0 Å². The molecule has 2 aromatic rings. The third-order valence-electron chi connectivity index (χ3n) is 2.59. The maximum atomic E-state index is 11.7. The van der Waals surface area contributed by atoms with Crippen molar-refractivity contribution in [2.75, 3.05) is 6.61 Å². The highest BCUT2D eigenvalue weighted by atomic mass is 16.6. The highest BCUT2D eigenvalue weighted by Gasteiger charge is 2.27. The van der Waals surface area contributed by atoms with Crippen molar-refractivity contribution in [1.29, 1.82) is 0 Å².